The quantitative estimate of drug-likeness (QED) is 0.737. The molecule has 2 nitrogen and oxygen atoms in total. The van der Waals surface area contributed by atoms with Crippen LogP contribution in [0.15, 0.2) is 0 Å². The van der Waals surface area contributed by atoms with Crippen molar-refractivity contribution < 1.29 is 4.74 Å². The first kappa shape index (κ1) is 15.0. The van der Waals surface area contributed by atoms with Crippen LogP contribution in [0.3, 0.4) is 0 Å². The second-order valence-corrected chi connectivity index (χ2v) is 5.93. The molecule has 2 heteroatoms. The molecule has 3 unspecified atom stereocenters. The first-order valence-corrected chi connectivity index (χ1v) is 7.43. The predicted octanol–water partition coefficient (Wildman–Crippen LogP) is 3.46. The molecule has 1 aliphatic carbocycles. The van der Waals surface area contributed by atoms with Gasteiger partial charge in [-0.3, -0.25) is 0 Å². The summed E-state index contributed by atoms with van der Waals surface area (Å²) in [5.74, 6) is 2.55. The Balaban J connectivity index is 2.43. The van der Waals surface area contributed by atoms with E-state index in [1.807, 2.05) is 0 Å². The number of hydrogen-bond acceptors (Lipinski definition) is 2. The van der Waals surface area contributed by atoms with Crippen LogP contribution in [-0.2, 0) is 4.74 Å². The van der Waals surface area contributed by atoms with E-state index in [-0.39, 0.29) is 0 Å². The smallest absolute Gasteiger partial charge is 0.0519 e. The average Bonchev–Trinajstić information content (AvgIpc) is 2.29. The van der Waals surface area contributed by atoms with Gasteiger partial charge in [0.15, 0.2) is 0 Å². The van der Waals surface area contributed by atoms with Crippen LogP contribution >= 0.6 is 0 Å². The van der Waals surface area contributed by atoms with E-state index >= 15 is 0 Å². The molecule has 1 saturated carbocycles. The van der Waals surface area contributed by atoms with Crippen LogP contribution in [0.2, 0.25) is 0 Å². The Morgan fingerprint density at radius 3 is 2.59 bits per heavy atom. The van der Waals surface area contributed by atoms with Gasteiger partial charge in [-0.05, 0) is 58.0 Å². The minimum atomic E-state index is 0.372. The summed E-state index contributed by atoms with van der Waals surface area (Å²) in [6, 6.07) is 0. The minimum absolute atomic E-state index is 0.372. The molecule has 17 heavy (non-hydrogen) atoms. The van der Waals surface area contributed by atoms with Gasteiger partial charge < -0.3 is 10.1 Å². The monoisotopic (exact) mass is 241 g/mol. The van der Waals surface area contributed by atoms with E-state index in [4.69, 9.17) is 4.74 Å². The maximum Gasteiger partial charge on any atom is 0.0519 e. The molecule has 0 amide bonds. The van der Waals surface area contributed by atoms with Crippen LogP contribution in [0.1, 0.15) is 52.9 Å². The zero-order valence-electron chi connectivity index (χ0n) is 12.2. The van der Waals surface area contributed by atoms with Gasteiger partial charge >= 0.3 is 0 Å². The van der Waals surface area contributed by atoms with Crippen molar-refractivity contribution in [2.45, 2.75) is 59.0 Å². The normalized spacial score (nSPS) is 29.8. The van der Waals surface area contributed by atoms with Gasteiger partial charge in [0.2, 0.25) is 0 Å². The Kier molecular flexibility index (Phi) is 7.14. The van der Waals surface area contributed by atoms with E-state index in [0.29, 0.717) is 6.10 Å². The molecule has 0 spiro atoms. The summed E-state index contributed by atoms with van der Waals surface area (Å²) in [6.07, 6.45) is 7.31. The predicted molar refractivity (Wildman–Crippen MR) is 74.2 cm³/mol. The molecule has 0 aromatic rings. The van der Waals surface area contributed by atoms with Crippen molar-refractivity contribution in [3.05, 3.63) is 0 Å². The average molecular weight is 241 g/mol. The third kappa shape index (κ3) is 5.39. The van der Waals surface area contributed by atoms with Crippen molar-refractivity contribution in [2.75, 3.05) is 20.2 Å². The van der Waals surface area contributed by atoms with Crippen LogP contribution in [0, 0.1) is 17.8 Å². The molecular formula is C15H31NO. The van der Waals surface area contributed by atoms with Crippen molar-refractivity contribution in [1.82, 2.24) is 5.32 Å². The summed E-state index contributed by atoms with van der Waals surface area (Å²) >= 11 is 0. The highest BCUT2D eigenvalue weighted by Gasteiger charge is 2.29. The van der Waals surface area contributed by atoms with Gasteiger partial charge in [-0.1, -0.05) is 26.2 Å². The van der Waals surface area contributed by atoms with Gasteiger partial charge in [0.05, 0.1) is 12.7 Å². The third-order valence-corrected chi connectivity index (χ3v) is 4.06. The Labute approximate surface area is 108 Å². The third-order valence-electron chi connectivity index (χ3n) is 4.06. The molecule has 0 aliphatic heterocycles. The van der Waals surface area contributed by atoms with Crippen molar-refractivity contribution in [2.24, 2.45) is 17.8 Å². The Hall–Kier alpha value is -0.0800. The van der Waals surface area contributed by atoms with E-state index in [0.717, 1.165) is 30.9 Å². The Morgan fingerprint density at radius 1 is 1.24 bits per heavy atom. The molecule has 0 saturated heterocycles. The largest absolute Gasteiger partial charge is 0.378 e. The lowest BCUT2D eigenvalue weighted by atomic mass is 9.73. The van der Waals surface area contributed by atoms with E-state index in [9.17, 15) is 0 Å². The number of ether oxygens (including phenoxy) is 1. The molecule has 0 aromatic heterocycles. The molecule has 0 aromatic carbocycles. The number of nitrogens with one attached hydrogen (secondary N) is 1. The van der Waals surface area contributed by atoms with Crippen molar-refractivity contribution in [1.29, 1.82) is 0 Å². The lowest BCUT2D eigenvalue weighted by Gasteiger charge is -2.36. The first-order chi connectivity index (χ1) is 8.17. The molecule has 0 heterocycles. The lowest BCUT2D eigenvalue weighted by molar-refractivity contribution is 0.0120. The van der Waals surface area contributed by atoms with Crippen LogP contribution in [-0.4, -0.2) is 26.3 Å². The fourth-order valence-corrected chi connectivity index (χ4v) is 3.15. The number of hydrogen-bond donors (Lipinski definition) is 1. The van der Waals surface area contributed by atoms with Gasteiger partial charge in [-0.15, -0.1) is 0 Å². The molecule has 1 rings (SSSR count). The van der Waals surface area contributed by atoms with Crippen molar-refractivity contribution in [3.8, 4) is 0 Å². The summed E-state index contributed by atoms with van der Waals surface area (Å²) in [5.41, 5.74) is 0. The van der Waals surface area contributed by atoms with Crippen LogP contribution in [0.5, 0.6) is 0 Å². The second-order valence-electron chi connectivity index (χ2n) is 5.93. The summed E-state index contributed by atoms with van der Waals surface area (Å²) in [5, 5.41) is 3.35. The molecule has 1 aliphatic rings. The van der Waals surface area contributed by atoms with Gasteiger partial charge in [0.25, 0.3) is 0 Å². The molecule has 1 N–H and O–H groups in total. The van der Waals surface area contributed by atoms with Crippen LogP contribution < -0.4 is 5.32 Å². The van der Waals surface area contributed by atoms with Gasteiger partial charge in [0, 0.05) is 0 Å². The molecule has 0 radical (unpaired) electrons. The minimum Gasteiger partial charge on any atom is -0.378 e. The van der Waals surface area contributed by atoms with Gasteiger partial charge in [-0.25, -0.2) is 0 Å². The standard InChI is InChI=1S/C15H31NO/c1-5-6-13-7-8-14(10-16-4)15(9-13)11-17-12(2)3/h12-16H,5-11H2,1-4H3. The highest BCUT2D eigenvalue weighted by atomic mass is 16.5. The molecule has 0 bridgehead atoms. The maximum atomic E-state index is 5.86. The van der Waals surface area contributed by atoms with Crippen LogP contribution in [0.25, 0.3) is 0 Å². The van der Waals surface area contributed by atoms with E-state index in [2.05, 4.69) is 33.1 Å². The highest BCUT2D eigenvalue weighted by Crippen LogP contribution is 2.36. The molecular weight excluding hydrogens is 210 g/mol. The summed E-state index contributed by atoms with van der Waals surface area (Å²) in [4.78, 5) is 0. The molecule has 3 atom stereocenters. The summed E-state index contributed by atoms with van der Waals surface area (Å²) < 4.78 is 5.86. The lowest BCUT2D eigenvalue weighted by Crippen LogP contribution is -2.35. The topological polar surface area (TPSA) is 21.3 Å². The molecule has 1 fully saturated rings. The first-order valence-electron chi connectivity index (χ1n) is 7.43. The fraction of sp³-hybridized carbons (Fsp3) is 1.00. The van der Waals surface area contributed by atoms with E-state index in [1.165, 1.54) is 32.1 Å². The Bertz CT molecular complexity index is 193. The van der Waals surface area contributed by atoms with Crippen molar-refractivity contribution in [3.63, 3.8) is 0 Å². The fourth-order valence-electron chi connectivity index (χ4n) is 3.15. The van der Waals surface area contributed by atoms with E-state index in [1.54, 1.807) is 0 Å². The Morgan fingerprint density at radius 2 is 2.00 bits per heavy atom. The zero-order chi connectivity index (χ0) is 12.7. The van der Waals surface area contributed by atoms with Crippen molar-refractivity contribution >= 4 is 0 Å². The zero-order valence-corrected chi connectivity index (χ0v) is 12.2. The molecule has 102 valence electrons. The van der Waals surface area contributed by atoms with Crippen LogP contribution in [0.4, 0.5) is 0 Å². The summed E-state index contributed by atoms with van der Waals surface area (Å²) in [6.45, 7) is 8.70. The SMILES string of the molecule is CCCC1CCC(CNC)C(COC(C)C)C1. The van der Waals surface area contributed by atoms with Gasteiger partial charge in [0.1, 0.15) is 0 Å². The second kappa shape index (κ2) is 8.10. The highest BCUT2D eigenvalue weighted by molar-refractivity contribution is 4.81. The maximum absolute atomic E-state index is 5.86. The van der Waals surface area contributed by atoms with Gasteiger partial charge in [-0.2, -0.15) is 0 Å². The van der Waals surface area contributed by atoms with E-state index < -0.39 is 0 Å². The summed E-state index contributed by atoms with van der Waals surface area (Å²) in [7, 11) is 2.07. The number of rotatable bonds is 7.